The molecule has 0 radical (unpaired) electrons. The first-order valence-corrected chi connectivity index (χ1v) is 7.21. The summed E-state index contributed by atoms with van der Waals surface area (Å²) in [5, 5.41) is 3.89. The van der Waals surface area contributed by atoms with Crippen LogP contribution in [0, 0.1) is 0 Å². The fourth-order valence-electron chi connectivity index (χ4n) is 1.96. The van der Waals surface area contributed by atoms with Crippen LogP contribution in [0.3, 0.4) is 0 Å². The van der Waals surface area contributed by atoms with E-state index < -0.39 is 0 Å². The quantitative estimate of drug-likeness (QED) is 0.851. The van der Waals surface area contributed by atoms with Crippen LogP contribution in [0.2, 0.25) is 5.02 Å². The van der Waals surface area contributed by atoms with Crippen molar-refractivity contribution in [2.24, 2.45) is 0 Å². The predicted octanol–water partition coefficient (Wildman–Crippen LogP) is 3.43. The Labute approximate surface area is 130 Å². The number of para-hydroxylation sites is 1. The van der Waals surface area contributed by atoms with Crippen LogP contribution in [-0.4, -0.2) is 18.6 Å². The maximum Gasteiger partial charge on any atom is 0.166 e. The fourth-order valence-corrected chi connectivity index (χ4v) is 2.13. The van der Waals surface area contributed by atoms with Gasteiger partial charge in [-0.1, -0.05) is 30.7 Å². The number of benzene rings is 1. The van der Waals surface area contributed by atoms with Gasteiger partial charge in [0.25, 0.3) is 0 Å². The molecule has 1 aromatic heterocycles. The molecule has 0 saturated carbocycles. The molecule has 0 bridgehead atoms. The highest BCUT2D eigenvalue weighted by Gasteiger charge is 2.11. The zero-order valence-corrected chi connectivity index (χ0v) is 13.0. The van der Waals surface area contributed by atoms with Crippen LogP contribution in [0.1, 0.15) is 18.1 Å². The minimum absolute atomic E-state index is 0.376. The van der Waals surface area contributed by atoms with Gasteiger partial charge in [0.2, 0.25) is 0 Å². The summed E-state index contributed by atoms with van der Waals surface area (Å²) in [5.74, 6) is 1.46. The summed E-state index contributed by atoms with van der Waals surface area (Å²) in [6.07, 6.45) is 3.31. The Morgan fingerprint density at radius 1 is 1.24 bits per heavy atom. The third-order valence-corrected chi connectivity index (χ3v) is 3.41. The Kier molecular flexibility index (Phi) is 5.84. The van der Waals surface area contributed by atoms with Crippen molar-refractivity contribution in [3.63, 3.8) is 0 Å². The number of pyridine rings is 1. The molecule has 5 heteroatoms. The highest BCUT2D eigenvalue weighted by molar-refractivity contribution is 6.31. The molecule has 0 aliphatic heterocycles. The molecule has 0 fully saturated rings. The van der Waals surface area contributed by atoms with E-state index in [0.717, 1.165) is 35.7 Å². The van der Waals surface area contributed by atoms with Crippen LogP contribution in [0.4, 0.5) is 0 Å². The molecule has 1 heterocycles. The molecule has 0 aliphatic carbocycles. The number of ether oxygens (including phenoxy) is 2. The summed E-state index contributed by atoms with van der Waals surface area (Å²) in [7, 11) is 1.64. The van der Waals surface area contributed by atoms with Gasteiger partial charge in [-0.15, -0.1) is 0 Å². The third kappa shape index (κ3) is 4.09. The van der Waals surface area contributed by atoms with Crippen molar-refractivity contribution in [3.8, 4) is 11.5 Å². The van der Waals surface area contributed by atoms with Crippen molar-refractivity contribution in [1.82, 2.24) is 10.3 Å². The molecule has 0 saturated heterocycles. The first kappa shape index (κ1) is 15.6. The number of hydrogen-bond acceptors (Lipinski definition) is 4. The maximum absolute atomic E-state index is 6.10. The second kappa shape index (κ2) is 7.86. The first-order chi connectivity index (χ1) is 10.3. The van der Waals surface area contributed by atoms with Crippen LogP contribution in [0.25, 0.3) is 0 Å². The lowest BCUT2D eigenvalue weighted by Crippen LogP contribution is -2.13. The molecule has 112 valence electrons. The van der Waals surface area contributed by atoms with E-state index in [9.17, 15) is 0 Å². The molecule has 2 rings (SSSR count). The van der Waals surface area contributed by atoms with E-state index >= 15 is 0 Å². The summed E-state index contributed by atoms with van der Waals surface area (Å²) >= 11 is 6.10. The zero-order valence-electron chi connectivity index (χ0n) is 12.2. The lowest BCUT2D eigenvalue weighted by molar-refractivity contribution is 0.280. The molecule has 0 aliphatic rings. The standard InChI is InChI=1S/C16H19ClN2O2/c1-3-18-9-12-5-4-6-15(20-2)16(12)21-11-13-7-8-19-10-14(13)17/h4-8,10,18H,3,9,11H2,1-2H3. The van der Waals surface area contributed by atoms with Crippen molar-refractivity contribution >= 4 is 11.6 Å². The van der Waals surface area contributed by atoms with Crippen LogP contribution in [0.5, 0.6) is 11.5 Å². The minimum Gasteiger partial charge on any atom is -0.493 e. The number of nitrogens with one attached hydrogen (secondary N) is 1. The molecule has 21 heavy (non-hydrogen) atoms. The first-order valence-electron chi connectivity index (χ1n) is 6.84. The Hall–Kier alpha value is -1.78. The summed E-state index contributed by atoms with van der Waals surface area (Å²) in [4.78, 5) is 3.97. The topological polar surface area (TPSA) is 43.4 Å². The normalized spacial score (nSPS) is 10.4. The molecule has 0 amide bonds. The van der Waals surface area contributed by atoms with E-state index in [-0.39, 0.29) is 0 Å². The molecule has 0 spiro atoms. The van der Waals surface area contributed by atoms with Crippen LogP contribution < -0.4 is 14.8 Å². The second-order valence-electron chi connectivity index (χ2n) is 4.48. The Morgan fingerprint density at radius 2 is 2.10 bits per heavy atom. The smallest absolute Gasteiger partial charge is 0.166 e. The predicted molar refractivity (Wildman–Crippen MR) is 84.0 cm³/mol. The van der Waals surface area contributed by atoms with E-state index in [2.05, 4.69) is 17.2 Å². The molecule has 0 unspecified atom stereocenters. The highest BCUT2D eigenvalue weighted by atomic mass is 35.5. The van der Waals surface area contributed by atoms with Crippen LogP contribution in [-0.2, 0) is 13.2 Å². The number of aromatic nitrogens is 1. The van der Waals surface area contributed by atoms with Crippen molar-refractivity contribution in [1.29, 1.82) is 0 Å². The molecule has 0 atom stereocenters. The third-order valence-electron chi connectivity index (χ3n) is 3.07. The van der Waals surface area contributed by atoms with Gasteiger partial charge in [0.05, 0.1) is 12.1 Å². The lowest BCUT2D eigenvalue weighted by atomic mass is 10.2. The molecule has 4 nitrogen and oxygen atoms in total. The summed E-state index contributed by atoms with van der Waals surface area (Å²) in [5.41, 5.74) is 1.95. The summed E-state index contributed by atoms with van der Waals surface area (Å²) < 4.78 is 11.3. The van der Waals surface area contributed by atoms with Crippen molar-refractivity contribution in [2.75, 3.05) is 13.7 Å². The largest absolute Gasteiger partial charge is 0.493 e. The number of methoxy groups -OCH3 is 1. The zero-order chi connectivity index (χ0) is 15.1. The van der Waals surface area contributed by atoms with Gasteiger partial charge in [-0.3, -0.25) is 4.98 Å². The molecule has 1 aromatic carbocycles. The fraction of sp³-hybridized carbons (Fsp3) is 0.312. The van der Waals surface area contributed by atoms with Crippen molar-refractivity contribution < 1.29 is 9.47 Å². The maximum atomic E-state index is 6.10. The summed E-state index contributed by atoms with van der Waals surface area (Å²) in [6, 6.07) is 7.72. The average molecular weight is 307 g/mol. The van der Waals surface area contributed by atoms with Gasteiger partial charge in [-0.05, 0) is 18.7 Å². The van der Waals surface area contributed by atoms with Gasteiger partial charge in [0, 0.05) is 30.1 Å². The van der Waals surface area contributed by atoms with E-state index in [0.29, 0.717) is 11.6 Å². The Balaban J connectivity index is 2.19. The SMILES string of the molecule is CCNCc1cccc(OC)c1OCc1ccncc1Cl. The number of rotatable bonds is 7. The van der Waals surface area contributed by atoms with Gasteiger partial charge in [0.15, 0.2) is 11.5 Å². The van der Waals surface area contributed by atoms with E-state index in [1.54, 1.807) is 19.5 Å². The molecular formula is C16H19ClN2O2. The van der Waals surface area contributed by atoms with E-state index in [1.165, 1.54) is 0 Å². The summed E-state index contributed by atoms with van der Waals surface area (Å²) in [6.45, 7) is 4.07. The molecule has 1 N–H and O–H groups in total. The number of nitrogens with zero attached hydrogens (tertiary/aromatic N) is 1. The average Bonchev–Trinajstić information content (AvgIpc) is 2.52. The number of halogens is 1. The van der Waals surface area contributed by atoms with Gasteiger partial charge in [-0.2, -0.15) is 0 Å². The van der Waals surface area contributed by atoms with Crippen molar-refractivity contribution in [3.05, 3.63) is 52.8 Å². The Bertz CT molecular complexity index is 590. The number of hydrogen-bond donors (Lipinski definition) is 1. The Morgan fingerprint density at radius 3 is 2.81 bits per heavy atom. The van der Waals surface area contributed by atoms with E-state index in [4.69, 9.17) is 21.1 Å². The monoisotopic (exact) mass is 306 g/mol. The second-order valence-corrected chi connectivity index (χ2v) is 4.89. The van der Waals surface area contributed by atoms with Gasteiger partial charge in [-0.25, -0.2) is 0 Å². The lowest BCUT2D eigenvalue weighted by Gasteiger charge is -2.15. The van der Waals surface area contributed by atoms with Crippen LogP contribution in [0.15, 0.2) is 36.7 Å². The van der Waals surface area contributed by atoms with Gasteiger partial charge in [0.1, 0.15) is 6.61 Å². The molecular weight excluding hydrogens is 288 g/mol. The van der Waals surface area contributed by atoms with Gasteiger partial charge < -0.3 is 14.8 Å². The van der Waals surface area contributed by atoms with Crippen molar-refractivity contribution in [2.45, 2.75) is 20.1 Å². The van der Waals surface area contributed by atoms with Gasteiger partial charge >= 0.3 is 0 Å². The highest BCUT2D eigenvalue weighted by Crippen LogP contribution is 2.32. The minimum atomic E-state index is 0.376. The molecule has 2 aromatic rings. The van der Waals surface area contributed by atoms with E-state index in [1.807, 2.05) is 24.3 Å². The van der Waals surface area contributed by atoms with Crippen LogP contribution >= 0.6 is 11.6 Å².